The fourth-order valence-corrected chi connectivity index (χ4v) is 7.35. The third-order valence-electron chi connectivity index (χ3n) is 9.99. The fourth-order valence-electron chi connectivity index (χ4n) is 7.35. The van der Waals surface area contributed by atoms with Crippen LogP contribution in [0.4, 0.5) is 9.59 Å². The number of rotatable bonds is 5. The second-order valence-electron chi connectivity index (χ2n) is 13.8. The molecule has 0 aromatic carbocycles. The number of likely N-dealkylation sites (N-methyl/N-ethyl adjacent to an activating group) is 1. The average molecular weight is 656 g/mol. The van der Waals surface area contributed by atoms with Gasteiger partial charge in [-0.15, -0.1) is 0 Å². The standard InChI is InChI=1S/C32H53N3O11/c1-12-21-32(8)25(34-30(41)46-32)17(4)22(36)15(2)14-31(7,45-29(40)33-9)26(18(5)23(37)19(6)27(39)43-21)44-28-24(38)20(35(10)11)13-16(3)42-28/h15-21,24-26,28,38H,12-14H2,1-11H3,(H,33,40)(H,34,41)/t15-,16-,17+,18+,19-,20+,21-,24-,25-,26-,28+,31-,32-/m1/s1. The highest BCUT2D eigenvalue weighted by Crippen LogP contribution is 2.40. The minimum Gasteiger partial charge on any atom is -0.458 e. The highest BCUT2D eigenvalue weighted by Gasteiger charge is 2.57. The number of aliphatic hydroxyl groups is 1. The lowest BCUT2D eigenvalue weighted by molar-refractivity contribution is -0.292. The zero-order chi connectivity index (χ0) is 34.9. The molecular weight excluding hydrogens is 602 g/mol. The van der Waals surface area contributed by atoms with Crippen molar-refractivity contribution in [1.29, 1.82) is 0 Å². The maximum atomic E-state index is 14.1. The van der Waals surface area contributed by atoms with Gasteiger partial charge in [-0.25, -0.2) is 9.59 Å². The molecule has 0 saturated carbocycles. The molecule has 2 amide bonds. The molecule has 0 spiro atoms. The maximum Gasteiger partial charge on any atom is 0.408 e. The van der Waals surface area contributed by atoms with Gasteiger partial charge in [-0.3, -0.25) is 14.4 Å². The number of fused-ring (bicyclic) bond motifs is 1. The Hall–Kier alpha value is -2.81. The van der Waals surface area contributed by atoms with E-state index >= 15 is 0 Å². The Labute approximate surface area is 271 Å². The monoisotopic (exact) mass is 655 g/mol. The first kappa shape index (κ1) is 37.6. The molecule has 0 aliphatic carbocycles. The number of hydrogen-bond donors (Lipinski definition) is 3. The molecule has 3 saturated heterocycles. The first-order valence-corrected chi connectivity index (χ1v) is 16.1. The van der Waals surface area contributed by atoms with E-state index in [0.717, 1.165) is 0 Å². The van der Waals surface area contributed by atoms with E-state index in [-0.39, 0.29) is 30.8 Å². The SMILES string of the molecule is CC[C@H]1OC(=O)[C@H](C)C(=O)[C@H](C)[C@@H](O[C@@H]2O[C@H](C)C[C@H](N(C)C)[C@H]2O)[C@](C)(OC(=O)NC)C[C@@H](C)C(=O)[C@H](C)[C@H]2NC(=O)O[C@@]21C. The molecule has 14 heteroatoms. The van der Waals surface area contributed by atoms with E-state index in [4.69, 9.17) is 23.7 Å². The van der Waals surface area contributed by atoms with Gasteiger partial charge in [0, 0.05) is 30.8 Å². The summed E-state index contributed by atoms with van der Waals surface area (Å²) >= 11 is 0. The van der Waals surface area contributed by atoms with Crippen molar-refractivity contribution in [3.05, 3.63) is 0 Å². The van der Waals surface area contributed by atoms with Gasteiger partial charge in [0.1, 0.15) is 35.6 Å². The van der Waals surface area contributed by atoms with Crippen LogP contribution in [0.3, 0.4) is 0 Å². The van der Waals surface area contributed by atoms with Gasteiger partial charge in [-0.2, -0.15) is 0 Å². The van der Waals surface area contributed by atoms with E-state index in [9.17, 15) is 29.1 Å². The van der Waals surface area contributed by atoms with Crippen LogP contribution >= 0.6 is 0 Å². The number of Topliss-reactive ketones (excluding diaryl/α,β-unsaturated/α-hetero) is 2. The molecule has 3 heterocycles. The lowest BCUT2D eigenvalue weighted by Crippen LogP contribution is -2.60. The third-order valence-corrected chi connectivity index (χ3v) is 9.99. The summed E-state index contributed by atoms with van der Waals surface area (Å²) in [6.45, 7) is 13.0. The fraction of sp³-hybridized carbons (Fsp3) is 0.844. The van der Waals surface area contributed by atoms with Crippen LogP contribution in [-0.2, 0) is 38.1 Å². The Morgan fingerprint density at radius 1 is 1.07 bits per heavy atom. The van der Waals surface area contributed by atoms with Crippen molar-refractivity contribution < 1.29 is 52.8 Å². The largest absolute Gasteiger partial charge is 0.458 e. The van der Waals surface area contributed by atoms with E-state index in [0.29, 0.717) is 6.42 Å². The first-order chi connectivity index (χ1) is 21.3. The topological polar surface area (TPSA) is 179 Å². The van der Waals surface area contributed by atoms with Crippen LogP contribution in [0, 0.1) is 23.7 Å². The van der Waals surface area contributed by atoms with E-state index < -0.39 is 89.5 Å². The number of esters is 1. The molecule has 0 aromatic rings. The lowest BCUT2D eigenvalue weighted by Gasteiger charge is -2.47. The zero-order valence-electron chi connectivity index (χ0n) is 28.9. The Bertz CT molecular complexity index is 1170. The summed E-state index contributed by atoms with van der Waals surface area (Å²) in [5, 5.41) is 16.5. The van der Waals surface area contributed by atoms with Crippen LogP contribution < -0.4 is 10.6 Å². The van der Waals surface area contributed by atoms with Gasteiger partial charge in [0.25, 0.3) is 0 Å². The Morgan fingerprint density at radius 2 is 1.70 bits per heavy atom. The van der Waals surface area contributed by atoms with E-state index in [1.807, 2.05) is 25.9 Å². The Morgan fingerprint density at radius 3 is 2.26 bits per heavy atom. The summed E-state index contributed by atoms with van der Waals surface area (Å²) in [6, 6.07) is -1.21. The van der Waals surface area contributed by atoms with Gasteiger partial charge in [0.2, 0.25) is 0 Å². The van der Waals surface area contributed by atoms with Crippen LogP contribution in [0.15, 0.2) is 0 Å². The summed E-state index contributed by atoms with van der Waals surface area (Å²) in [6.07, 6.45) is -5.87. The molecule has 3 fully saturated rings. The molecule has 3 N–H and O–H groups in total. The highest BCUT2D eigenvalue weighted by molar-refractivity contribution is 6.00. The van der Waals surface area contributed by atoms with Gasteiger partial charge in [-0.05, 0) is 61.1 Å². The van der Waals surface area contributed by atoms with Gasteiger partial charge in [0.15, 0.2) is 17.7 Å². The number of aliphatic hydroxyl groups excluding tert-OH is 1. The number of ketones is 2. The molecular formula is C32H53N3O11. The van der Waals surface area contributed by atoms with Crippen molar-refractivity contribution in [2.45, 2.75) is 129 Å². The molecule has 262 valence electrons. The quantitative estimate of drug-likeness (QED) is 0.224. The predicted octanol–water partition coefficient (Wildman–Crippen LogP) is 2.19. The van der Waals surface area contributed by atoms with Crippen LogP contribution in [0.1, 0.15) is 74.7 Å². The summed E-state index contributed by atoms with van der Waals surface area (Å²) in [7, 11) is 5.02. The van der Waals surface area contributed by atoms with Crippen molar-refractivity contribution in [2.75, 3.05) is 21.1 Å². The molecule has 13 atom stereocenters. The zero-order valence-corrected chi connectivity index (χ0v) is 28.9. The number of ether oxygens (including phenoxy) is 5. The number of carbonyl (C=O) groups excluding carboxylic acids is 5. The first-order valence-electron chi connectivity index (χ1n) is 16.1. The molecule has 0 aromatic heterocycles. The van der Waals surface area contributed by atoms with Crippen LogP contribution in [0.25, 0.3) is 0 Å². The van der Waals surface area contributed by atoms with Crippen molar-refractivity contribution in [3.8, 4) is 0 Å². The Balaban J connectivity index is 2.17. The second-order valence-corrected chi connectivity index (χ2v) is 13.8. The summed E-state index contributed by atoms with van der Waals surface area (Å²) in [5.41, 5.74) is -3.06. The van der Waals surface area contributed by atoms with Crippen LogP contribution in [0.2, 0.25) is 0 Å². The number of nitrogens with one attached hydrogen (secondary N) is 2. The summed E-state index contributed by atoms with van der Waals surface area (Å²) < 4.78 is 29.9. The third kappa shape index (κ3) is 7.50. The normalized spacial score (nSPS) is 42.8. The molecule has 3 aliphatic rings. The van der Waals surface area contributed by atoms with Gasteiger partial charge in [0.05, 0.1) is 12.1 Å². The van der Waals surface area contributed by atoms with Gasteiger partial charge < -0.3 is 44.3 Å². The molecule has 0 bridgehead atoms. The number of cyclic esters (lactones) is 1. The minimum absolute atomic E-state index is 0.102. The van der Waals surface area contributed by atoms with E-state index in [1.165, 1.54) is 14.0 Å². The predicted molar refractivity (Wildman–Crippen MR) is 165 cm³/mol. The van der Waals surface area contributed by atoms with E-state index in [2.05, 4.69) is 10.6 Å². The number of carbonyl (C=O) groups is 5. The van der Waals surface area contributed by atoms with Gasteiger partial charge in [-0.1, -0.05) is 27.7 Å². The van der Waals surface area contributed by atoms with Crippen molar-refractivity contribution in [1.82, 2.24) is 15.5 Å². The summed E-state index contributed by atoms with van der Waals surface area (Å²) in [5.74, 6) is -5.71. The second kappa shape index (κ2) is 14.5. The Kier molecular flexibility index (Phi) is 11.9. The lowest BCUT2D eigenvalue weighted by atomic mass is 9.73. The maximum absolute atomic E-state index is 14.1. The number of nitrogens with zero attached hydrogens (tertiary/aromatic N) is 1. The molecule has 0 unspecified atom stereocenters. The minimum atomic E-state index is -1.65. The summed E-state index contributed by atoms with van der Waals surface area (Å²) in [4.78, 5) is 68.9. The van der Waals surface area contributed by atoms with Gasteiger partial charge >= 0.3 is 18.2 Å². The molecule has 3 rings (SSSR count). The molecule has 46 heavy (non-hydrogen) atoms. The van der Waals surface area contributed by atoms with E-state index in [1.54, 1.807) is 41.5 Å². The molecule has 0 radical (unpaired) electrons. The van der Waals surface area contributed by atoms with Crippen LogP contribution in [0.5, 0.6) is 0 Å². The molecule has 14 nitrogen and oxygen atoms in total. The average Bonchev–Trinajstić information content (AvgIpc) is 3.31. The number of hydrogen-bond acceptors (Lipinski definition) is 12. The number of amides is 2. The smallest absolute Gasteiger partial charge is 0.408 e. The highest BCUT2D eigenvalue weighted by atomic mass is 16.7. The van der Waals surface area contributed by atoms with Crippen molar-refractivity contribution in [2.24, 2.45) is 23.7 Å². The van der Waals surface area contributed by atoms with Crippen molar-refractivity contribution >= 4 is 29.7 Å². The number of alkyl carbamates (subject to hydrolysis) is 2. The molecule has 3 aliphatic heterocycles. The van der Waals surface area contributed by atoms with Crippen LogP contribution in [-0.4, -0.2) is 115 Å². The van der Waals surface area contributed by atoms with Crippen molar-refractivity contribution in [3.63, 3.8) is 0 Å².